The average molecular weight is 167 g/mol. The van der Waals surface area contributed by atoms with Crippen molar-refractivity contribution < 1.29 is 9.53 Å². The molecule has 0 saturated carbocycles. The van der Waals surface area contributed by atoms with Gasteiger partial charge >= 0.3 is 6.09 Å². The molecule has 0 aliphatic heterocycles. The maximum absolute atomic E-state index is 10.8. The van der Waals surface area contributed by atoms with Gasteiger partial charge in [-0.3, -0.25) is 5.32 Å². The number of nitrogens with one attached hydrogen (secondary N) is 1. The van der Waals surface area contributed by atoms with E-state index in [0.717, 1.165) is 18.5 Å². The Kier molecular flexibility index (Phi) is 2.91. The third-order valence-electron chi connectivity index (χ3n) is 1.81. The number of ether oxygens (including phenoxy) is 1. The van der Waals surface area contributed by atoms with Gasteiger partial charge in [-0.05, 0) is 25.8 Å². The Morgan fingerprint density at radius 1 is 1.50 bits per heavy atom. The van der Waals surface area contributed by atoms with Crippen molar-refractivity contribution in [3.05, 3.63) is 23.4 Å². The summed E-state index contributed by atoms with van der Waals surface area (Å²) in [5, 5.41) is 2.64. The second-order valence-electron chi connectivity index (χ2n) is 2.82. The van der Waals surface area contributed by atoms with Gasteiger partial charge in [-0.1, -0.05) is 11.6 Å². The predicted molar refractivity (Wildman–Crippen MR) is 46.6 cm³/mol. The van der Waals surface area contributed by atoms with E-state index in [1.807, 2.05) is 12.2 Å². The van der Waals surface area contributed by atoms with Crippen molar-refractivity contribution in [3.8, 4) is 0 Å². The van der Waals surface area contributed by atoms with Crippen LogP contribution in [0.5, 0.6) is 0 Å². The highest BCUT2D eigenvalue weighted by Crippen LogP contribution is 2.15. The van der Waals surface area contributed by atoms with Crippen molar-refractivity contribution >= 4 is 6.09 Å². The third kappa shape index (κ3) is 2.42. The molecule has 1 aliphatic rings. The number of amides is 1. The molecule has 0 spiro atoms. The van der Waals surface area contributed by atoms with Crippen LogP contribution in [-0.2, 0) is 4.74 Å². The first-order valence-corrected chi connectivity index (χ1v) is 3.93. The third-order valence-corrected chi connectivity index (χ3v) is 1.81. The molecule has 0 fully saturated rings. The van der Waals surface area contributed by atoms with E-state index < -0.39 is 6.09 Å². The van der Waals surface area contributed by atoms with Gasteiger partial charge in [-0.15, -0.1) is 0 Å². The van der Waals surface area contributed by atoms with Crippen molar-refractivity contribution in [3.63, 3.8) is 0 Å². The number of alkyl carbamates (subject to hydrolysis) is 1. The monoisotopic (exact) mass is 167 g/mol. The summed E-state index contributed by atoms with van der Waals surface area (Å²) in [4.78, 5) is 10.8. The van der Waals surface area contributed by atoms with Gasteiger partial charge in [0.1, 0.15) is 0 Å². The van der Waals surface area contributed by atoms with Gasteiger partial charge < -0.3 is 4.74 Å². The Balaban J connectivity index is 2.49. The number of rotatable bonds is 1. The summed E-state index contributed by atoms with van der Waals surface area (Å²) in [6, 6.07) is 0. The smallest absolute Gasteiger partial charge is 0.411 e. The minimum absolute atomic E-state index is 0.394. The number of allylic oxidation sites excluding steroid dienone is 4. The first-order valence-electron chi connectivity index (χ1n) is 3.93. The van der Waals surface area contributed by atoms with Crippen LogP contribution in [0.3, 0.4) is 0 Å². The van der Waals surface area contributed by atoms with E-state index in [1.54, 1.807) is 0 Å². The fourth-order valence-electron chi connectivity index (χ4n) is 1.03. The number of carbonyl (C=O) groups excluding carboxylic acids is 1. The fourth-order valence-corrected chi connectivity index (χ4v) is 1.03. The standard InChI is InChI=1S/C9H13NO2/c1-7-3-5-8(6-4-7)10-9(11)12-2/h3,5H,4,6H2,1-2H3,(H,10,11). The van der Waals surface area contributed by atoms with Crippen LogP contribution in [0.15, 0.2) is 23.4 Å². The fraction of sp³-hybridized carbons (Fsp3) is 0.444. The molecule has 0 saturated heterocycles. The van der Waals surface area contributed by atoms with E-state index in [1.165, 1.54) is 12.7 Å². The van der Waals surface area contributed by atoms with Crippen LogP contribution >= 0.6 is 0 Å². The van der Waals surface area contributed by atoms with Crippen molar-refractivity contribution in [2.24, 2.45) is 0 Å². The quantitative estimate of drug-likeness (QED) is 0.648. The maximum Gasteiger partial charge on any atom is 0.411 e. The molecule has 0 aromatic heterocycles. The molecule has 3 nitrogen and oxygen atoms in total. The second-order valence-corrected chi connectivity index (χ2v) is 2.82. The lowest BCUT2D eigenvalue weighted by atomic mass is 10.0. The molecule has 0 aromatic rings. The molecule has 3 heteroatoms. The summed E-state index contributed by atoms with van der Waals surface area (Å²) in [6.45, 7) is 2.07. The summed E-state index contributed by atoms with van der Waals surface area (Å²) < 4.78 is 4.47. The molecule has 12 heavy (non-hydrogen) atoms. The van der Waals surface area contributed by atoms with Gasteiger partial charge in [0.25, 0.3) is 0 Å². The largest absolute Gasteiger partial charge is 0.453 e. The number of hydrogen-bond acceptors (Lipinski definition) is 2. The first kappa shape index (κ1) is 8.84. The number of carbonyl (C=O) groups is 1. The van der Waals surface area contributed by atoms with Crippen LogP contribution in [0.2, 0.25) is 0 Å². The molecule has 0 bridgehead atoms. The Labute approximate surface area is 72.1 Å². The number of methoxy groups -OCH3 is 1. The maximum atomic E-state index is 10.8. The zero-order chi connectivity index (χ0) is 8.97. The molecule has 1 rings (SSSR count). The van der Waals surface area contributed by atoms with E-state index >= 15 is 0 Å². The van der Waals surface area contributed by atoms with E-state index in [9.17, 15) is 4.79 Å². The Bertz CT molecular complexity index is 241. The molecule has 0 heterocycles. The van der Waals surface area contributed by atoms with Gasteiger partial charge in [-0.2, -0.15) is 0 Å². The molecule has 0 radical (unpaired) electrons. The molecule has 0 atom stereocenters. The van der Waals surface area contributed by atoms with E-state index in [2.05, 4.69) is 17.0 Å². The highest BCUT2D eigenvalue weighted by molar-refractivity contribution is 5.69. The summed E-state index contributed by atoms with van der Waals surface area (Å²) in [7, 11) is 1.36. The van der Waals surface area contributed by atoms with Gasteiger partial charge in [0.05, 0.1) is 7.11 Å². The minimum Gasteiger partial charge on any atom is -0.453 e. The topological polar surface area (TPSA) is 38.3 Å². The van der Waals surface area contributed by atoms with Crippen LogP contribution in [0.4, 0.5) is 4.79 Å². The molecule has 0 unspecified atom stereocenters. The molecule has 1 amide bonds. The van der Waals surface area contributed by atoms with Gasteiger partial charge in [-0.25, -0.2) is 4.79 Å². The molecular formula is C9H13NO2. The van der Waals surface area contributed by atoms with Crippen LogP contribution < -0.4 is 5.32 Å². The summed E-state index contributed by atoms with van der Waals surface area (Å²) in [5.74, 6) is 0. The summed E-state index contributed by atoms with van der Waals surface area (Å²) in [5.41, 5.74) is 2.26. The van der Waals surface area contributed by atoms with Gasteiger partial charge in [0.15, 0.2) is 0 Å². The van der Waals surface area contributed by atoms with Crippen LogP contribution in [0.1, 0.15) is 19.8 Å². The zero-order valence-corrected chi connectivity index (χ0v) is 7.39. The lowest BCUT2D eigenvalue weighted by Crippen LogP contribution is -2.22. The van der Waals surface area contributed by atoms with E-state index in [-0.39, 0.29) is 0 Å². The van der Waals surface area contributed by atoms with Crippen molar-refractivity contribution in [2.75, 3.05) is 7.11 Å². The molecule has 1 N–H and O–H groups in total. The molecule has 66 valence electrons. The zero-order valence-electron chi connectivity index (χ0n) is 7.39. The van der Waals surface area contributed by atoms with Crippen LogP contribution in [-0.4, -0.2) is 13.2 Å². The predicted octanol–water partition coefficient (Wildman–Crippen LogP) is 1.97. The average Bonchev–Trinajstić information content (AvgIpc) is 2.09. The lowest BCUT2D eigenvalue weighted by molar-refractivity contribution is 0.173. The van der Waals surface area contributed by atoms with Gasteiger partial charge in [0.2, 0.25) is 0 Å². The Morgan fingerprint density at radius 2 is 2.25 bits per heavy atom. The molecular weight excluding hydrogens is 154 g/mol. The molecule has 0 aromatic carbocycles. The SMILES string of the molecule is COC(=O)NC1=CC=C(C)CC1. The lowest BCUT2D eigenvalue weighted by Gasteiger charge is -2.12. The van der Waals surface area contributed by atoms with Crippen molar-refractivity contribution in [2.45, 2.75) is 19.8 Å². The second kappa shape index (κ2) is 3.95. The highest BCUT2D eigenvalue weighted by atomic mass is 16.5. The summed E-state index contributed by atoms with van der Waals surface area (Å²) in [6.07, 6.45) is 5.42. The van der Waals surface area contributed by atoms with Crippen molar-refractivity contribution in [1.29, 1.82) is 0 Å². The van der Waals surface area contributed by atoms with Crippen LogP contribution in [0, 0.1) is 0 Å². The van der Waals surface area contributed by atoms with Crippen molar-refractivity contribution in [1.82, 2.24) is 5.32 Å². The highest BCUT2D eigenvalue weighted by Gasteiger charge is 2.06. The first-order chi connectivity index (χ1) is 5.72. The minimum atomic E-state index is -0.394. The molecule has 1 aliphatic carbocycles. The van der Waals surface area contributed by atoms with Gasteiger partial charge in [0, 0.05) is 5.70 Å². The number of hydrogen-bond donors (Lipinski definition) is 1. The Hall–Kier alpha value is -1.25. The van der Waals surface area contributed by atoms with E-state index in [0.29, 0.717) is 0 Å². The summed E-state index contributed by atoms with van der Waals surface area (Å²) >= 11 is 0. The van der Waals surface area contributed by atoms with Crippen LogP contribution in [0.25, 0.3) is 0 Å². The Morgan fingerprint density at radius 3 is 2.75 bits per heavy atom. The van der Waals surface area contributed by atoms with E-state index in [4.69, 9.17) is 0 Å². The normalized spacial score (nSPS) is 16.2.